The van der Waals surface area contributed by atoms with Crippen molar-refractivity contribution in [1.82, 2.24) is 10.3 Å². The second-order valence-corrected chi connectivity index (χ2v) is 4.43. The molecular weight excluding hydrogens is 226 g/mol. The van der Waals surface area contributed by atoms with Crippen molar-refractivity contribution in [1.29, 1.82) is 0 Å². The van der Waals surface area contributed by atoms with Crippen molar-refractivity contribution in [3.8, 4) is 0 Å². The van der Waals surface area contributed by atoms with Gasteiger partial charge in [0.15, 0.2) is 0 Å². The van der Waals surface area contributed by atoms with Gasteiger partial charge in [0, 0.05) is 24.7 Å². The average Bonchev–Trinajstić information content (AvgIpc) is 2.60. The van der Waals surface area contributed by atoms with E-state index >= 15 is 0 Å². The zero-order valence-corrected chi connectivity index (χ0v) is 10.3. The number of amides is 1. The summed E-state index contributed by atoms with van der Waals surface area (Å²) < 4.78 is 0. The predicted octanol–water partition coefficient (Wildman–Crippen LogP) is 1.95. The number of aromatic nitrogens is 1. The molecule has 0 saturated heterocycles. The molecule has 1 aromatic carbocycles. The number of aryl methyl sites for hydroxylation is 1. The Morgan fingerprint density at radius 3 is 2.94 bits per heavy atom. The highest BCUT2D eigenvalue weighted by atomic mass is 16.1. The normalized spacial score (nSPS) is 14.6. The molecule has 0 saturated carbocycles. The molecule has 0 atom stereocenters. The van der Waals surface area contributed by atoms with Crippen LogP contribution in [-0.4, -0.2) is 24.0 Å². The maximum Gasteiger partial charge on any atom is 0.255 e. The standard InChI is InChI=1S/C14H15N3O/c1-2-9-3-4-12-10(7-9)13-11(8-17-12)14(18)16-6-5-15-13/h3-4,7-8,15H,2,5-6H2,1H3,(H,16,18). The van der Waals surface area contributed by atoms with Gasteiger partial charge in [-0.05, 0) is 24.1 Å². The van der Waals surface area contributed by atoms with Crippen molar-refractivity contribution in [3.63, 3.8) is 0 Å². The van der Waals surface area contributed by atoms with Gasteiger partial charge in [-0.2, -0.15) is 0 Å². The first-order chi connectivity index (χ1) is 8.79. The van der Waals surface area contributed by atoms with E-state index in [1.165, 1.54) is 5.56 Å². The molecule has 0 spiro atoms. The minimum absolute atomic E-state index is 0.0497. The molecule has 2 aromatic rings. The van der Waals surface area contributed by atoms with Crippen LogP contribution in [0.1, 0.15) is 22.8 Å². The van der Waals surface area contributed by atoms with Gasteiger partial charge in [0.2, 0.25) is 0 Å². The van der Waals surface area contributed by atoms with Crippen LogP contribution in [0.2, 0.25) is 0 Å². The number of nitrogens with zero attached hydrogens (tertiary/aromatic N) is 1. The Morgan fingerprint density at radius 2 is 2.11 bits per heavy atom. The summed E-state index contributed by atoms with van der Waals surface area (Å²) in [6.07, 6.45) is 2.63. The van der Waals surface area contributed by atoms with Crippen LogP contribution in [0.3, 0.4) is 0 Å². The third kappa shape index (κ3) is 1.70. The molecule has 2 heterocycles. The highest BCUT2D eigenvalue weighted by molar-refractivity contribution is 6.07. The SMILES string of the molecule is CCc1ccc2ncc3c(c2c1)NCCNC3=O. The van der Waals surface area contributed by atoms with Crippen molar-refractivity contribution >= 4 is 22.5 Å². The second-order valence-electron chi connectivity index (χ2n) is 4.43. The summed E-state index contributed by atoms with van der Waals surface area (Å²) in [5, 5.41) is 7.21. The molecule has 3 rings (SSSR count). The molecule has 1 aliphatic heterocycles. The average molecular weight is 241 g/mol. The summed E-state index contributed by atoms with van der Waals surface area (Å²) in [6, 6.07) is 6.21. The Hall–Kier alpha value is -2.10. The van der Waals surface area contributed by atoms with Gasteiger partial charge in [-0.1, -0.05) is 13.0 Å². The lowest BCUT2D eigenvalue weighted by Crippen LogP contribution is -2.24. The topological polar surface area (TPSA) is 54.0 Å². The largest absolute Gasteiger partial charge is 0.382 e. The molecule has 0 radical (unpaired) electrons. The summed E-state index contributed by atoms with van der Waals surface area (Å²) in [4.78, 5) is 16.3. The fraction of sp³-hybridized carbons (Fsp3) is 0.286. The van der Waals surface area contributed by atoms with E-state index in [4.69, 9.17) is 0 Å². The lowest BCUT2D eigenvalue weighted by atomic mass is 10.0. The van der Waals surface area contributed by atoms with Crippen molar-refractivity contribution in [2.45, 2.75) is 13.3 Å². The summed E-state index contributed by atoms with van der Waals surface area (Å²) in [5.41, 5.74) is 3.72. The van der Waals surface area contributed by atoms with E-state index in [9.17, 15) is 4.79 Å². The fourth-order valence-electron chi connectivity index (χ4n) is 2.28. The number of carbonyl (C=O) groups is 1. The summed E-state index contributed by atoms with van der Waals surface area (Å²) in [7, 11) is 0. The molecule has 92 valence electrons. The molecule has 1 aliphatic rings. The molecule has 0 fully saturated rings. The van der Waals surface area contributed by atoms with E-state index in [-0.39, 0.29) is 5.91 Å². The Bertz CT molecular complexity index is 622. The van der Waals surface area contributed by atoms with E-state index in [2.05, 4.69) is 34.7 Å². The molecule has 2 N–H and O–H groups in total. The number of hydrogen-bond donors (Lipinski definition) is 2. The molecule has 18 heavy (non-hydrogen) atoms. The van der Waals surface area contributed by atoms with Crippen molar-refractivity contribution in [2.24, 2.45) is 0 Å². The van der Waals surface area contributed by atoms with Gasteiger partial charge in [-0.15, -0.1) is 0 Å². The molecule has 0 bridgehead atoms. The van der Waals surface area contributed by atoms with Crippen molar-refractivity contribution in [3.05, 3.63) is 35.5 Å². The first-order valence-electron chi connectivity index (χ1n) is 6.23. The summed E-state index contributed by atoms with van der Waals surface area (Å²) in [5.74, 6) is -0.0497. The molecule has 1 aromatic heterocycles. The van der Waals surface area contributed by atoms with Crippen LogP contribution in [0.4, 0.5) is 5.69 Å². The van der Waals surface area contributed by atoms with E-state index in [0.717, 1.165) is 29.6 Å². The van der Waals surface area contributed by atoms with Crippen LogP contribution in [0.25, 0.3) is 10.9 Å². The maximum absolute atomic E-state index is 11.9. The van der Waals surface area contributed by atoms with Gasteiger partial charge >= 0.3 is 0 Å². The number of anilines is 1. The van der Waals surface area contributed by atoms with Gasteiger partial charge in [-0.3, -0.25) is 9.78 Å². The van der Waals surface area contributed by atoms with Crippen LogP contribution in [0.5, 0.6) is 0 Å². The van der Waals surface area contributed by atoms with Crippen LogP contribution < -0.4 is 10.6 Å². The summed E-state index contributed by atoms with van der Waals surface area (Å²) >= 11 is 0. The van der Waals surface area contributed by atoms with Crippen LogP contribution in [0, 0.1) is 0 Å². The zero-order valence-electron chi connectivity index (χ0n) is 10.3. The Labute approximate surface area is 105 Å². The monoisotopic (exact) mass is 241 g/mol. The van der Waals surface area contributed by atoms with E-state index in [0.29, 0.717) is 12.1 Å². The third-order valence-electron chi connectivity index (χ3n) is 3.30. The maximum atomic E-state index is 11.9. The zero-order chi connectivity index (χ0) is 12.5. The molecule has 4 nitrogen and oxygen atoms in total. The first-order valence-corrected chi connectivity index (χ1v) is 6.23. The number of nitrogens with one attached hydrogen (secondary N) is 2. The third-order valence-corrected chi connectivity index (χ3v) is 3.30. The molecular formula is C14H15N3O. The number of benzene rings is 1. The number of carbonyl (C=O) groups excluding carboxylic acids is 1. The lowest BCUT2D eigenvalue weighted by molar-refractivity contribution is 0.0958. The van der Waals surface area contributed by atoms with Crippen LogP contribution in [-0.2, 0) is 6.42 Å². The number of pyridine rings is 1. The minimum atomic E-state index is -0.0497. The van der Waals surface area contributed by atoms with Crippen LogP contribution >= 0.6 is 0 Å². The Kier molecular flexibility index (Phi) is 2.63. The fourth-order valence-corrected chi connectivity index (χ4v) is 2.28. The van der Waals surface area contributed by atoms with Crippen LogP contribution in [0.15, 0.2) is 24.4 Å². The van der Waals surface area contributed by atoms with E-state index < -0.39 is 0 Å². The molecule has 1 amide bonds. The van der Waals surface area contributed by atoms with Gasteiger partial charge < -0.3 is 10.6 Å². The quantitative estimate of drug-likeness (QED) is 0.802. The van der Waals surface area contributed by atoms with Gasteiger partial charge in [0.1, 0.15) is 0 Å². The number of hydrogen-bond acceptors (Lipinski definition) is 3. The van der Waals surface area contributed by atoms with Gasteiger partial charge in [0.25, 0.3) is 5.91 Å². The summed E-state index contributed by atoms with van der Waals surface area (Å²) in [6.45, 7) is 3.51. The highest BCUT2D eigenvalue weighted by Gasteiger charge is 2.17. The van der Waals surface area contributed by atoms with Gasteiger partial charge in [-0.25, -0.2) is 0 Å². The van der Waals surface area contributed by atoms with Crippen molar-refractivity contribution in [2.75, 3.05) is 18.4 Å². The van der Waals surface area contributed by atoms with Crippen molar-refractivity contribution < 1.29 is 4.79 Å². The van der Waals surface area contributed by atoms with E-state index in [1.54, 1.807) is 6.20 Å². The minimum Gasteiger partial charge on any atom is -0.382 e. The first kappa shape index (κ1) is 11.0. The molecule has 0 unspecified atom stereocenters. The van der Waals surface area contributed by atoms with E-state index in [1.807, 2.05) is 6.07 Å². The number of rotatable bonds is 1. The molecule has 4 heteroatoms. The number of fused-ring (bicyclic) bond motifs is 3. The Balaban J connectivity index is 2.28. The smallest absolute Gasteiger partial charge is 0.255 e. The highest BCUT2D eigenvalue weighted by Crippen LogP contribution is 2.27. The second kappa shape index (κ2) is 4.29. The predicted molar refractivity (Wildman–Crippen MR) is 71.9 cm³/mol. The Morgan fingerprint density at radius 1 is 1.28 bits per heavy atom. The van der Waals surface area contributed by atoms with Gasteiger partial charge in [0.05, 0.1) is 16.8 Å². The lowest BCUT2D eigenvalue weighted by Gasteiger charge is -2.10. The molecule has 0 aliphatic carbocycles.